The van der Waals surface area contributed by atoms with Crippen LogP contribution in [0.5, 0.6) is 0 Å². The summed E-state index contributed by atoms with van der Waals surface area (Å²) >= 11 is 0. The van der Waals surface area contributed by atoms with Crippen LogP contribution in [0.1, 0.15) is 21.7 Å². The van der Waals surface area contributed by atoms with E-state index in [9.17, 15) is 22.8 Å². The molecule has 0 spiro atoms. The number of nitrogens with one attached hydrogen (secondary N) is 2. The van der Waals surface area contributed by atoms with Crippen molar-refractivity contribution in [2.75, 3.05) is 12.4 Å². The van der Waals surface area contributed by atoms with Crippen molar-refractivity contribution in [3.63, 3.8) is 0 Å². The van der Waals surface area contributed by atoms with Gasteiger partial charge >= 0.3 is 12.1 Å². The maximum Gasteiger partial charge on any atom is 0.451 e. The Morgan fingerprint density at radius 1 is 1.25 bits per heavy atom. The highest BCUT2D eigenvalue weighted by Gasteiger charge is 2.35. The molecule has 0 fully saturated rings. The van der Waals surface area contributed by atoms with Crippen molar-refractivity contribution >= 4 is 23.9 Å². The van der Waals surface area contributed by atoms with E-state index in [2.05, 4.69) is 20.1 Å². The predicted molar refractivity (Wildman–Crippen MR) is 76.8 cm³/mol. The molecular weight excluding hydrogens is 329 g/mol. The summed E-state index contributed by atoms with van der Waals surface area (Å²) in [4.78, 5) is 26.0. The van der Waals surface area contributed by atoms with Crippen LogP contribution in [0.25, 0.3) is 6.08 Å². The first-order valence-corrected chi connectivity index (χ1v) is 6.46. The fraction of sp³-hybridized carbons (Fsp3) is 0.143. The number of nitrogens with zero attached hydrogens (tertiary/aromatic N) is 2. The first kappa shape index (κ1) is 17.2. The molecule has 2 N–H and O–H groups in total. The Balaban J connectivity index is 1.98. The normalized spacial score (nSPS) is 11.5. The number of aromatic nitrogens is 3. The van der Waals surface area contributed by atoms with Gasteiger partial charge in [0.25, 0.3) is 5.91 Å². The summed E-state index contributed by atoms with van der Waals surface area (Å²) in [5, 5.41) is 7.01. The van der Waals surface area contributed by atoms with E-state index < -0.39 is 29.8 Å². The van der Waals surface area contributed by atoms with Crippen LogP contribution in [0.2, 0.25) is 0 Å². The quantitative estimate of drug-likeness (QED) is 0.657. The van der Waals surface area contributed by atoms with Crippen LogP contribution in [0.15, 0.2) is 30.3 Å². The number of rotatable bonds is 4. The zero-order chi connectivity index (χ0) is 17.7. The number of anilines is 1. The fourth-order valence-corrected chi connectivity index (χ4v) is 1.62. The van der Waals surface area contributed by atoms with E-state index >= 15 is 0 Å². The Morgan fingerprint density at radius 3 is 2.46 bits per heavy atom. The van der Waals surface area contributed by atoms with Gasteiger partial charge in [0, 0.05) is 6.08 Å². The largest absolute Gasteiger partial charge is 0.465 e. The fourth-order valence-electron chi connectivity index (χ4n) is 1.62. The van der Waals surface area contributed by atoms with E-state index in [1.165, 1.54) is 25.3 Å². The number of H-pyrrole nitrogens is 1. The third-order valence-corrected chi connectivity index (χ3v) is 2.75. The molecule has 2 aromatic rings. The standard InChI is InChI=1S/C14H11F3N4O3/c1-24-11(23)9-5-2-8(3-6-9)4-7-10(22)18-13-19-12(20-21-13)14(15,16)17/h2-7H,1H3,(H2,18,19,20,21,22)/b7-4-. The number of hydrogen-bond acceptors (Lipinski definition) is 5. The first-order valence-electron chi connectivity index (χ1n) is 6.46. The molecule has 24 heavy (non-hydrogen) atoms. The first-order chi connectivity index (χ1) is 11.3. The Bertz CT molecular complexity index is 766. The Hall–Kier alpha value is -3.17. The van der Waals surface area contributed by atoms with Crippen molar-refractivity contribution in [1.82, 2.24) is 15.2 Å². The van der Waals surface area contributed by atoms with Crippen molar-refractivity contribution in [1.29, 1.82) is 0 Å². The second-order valence-corrected chi connectivity index (χ2v) is 4.44. The molecule has 0 bridgehead atoms. The minimum absolute atomic E-state index is 0.347. The molecule has 0 unspecified atom stereocenters. The summed E-state index contributed by atoms with van der Waals surface area (Å²) in [6.45, 7) is 0. The molecule has 126 valence electrons. The molecule has 0 aliphatic heterocycles. The summed E-state index contributed by atoms with van der Waals surface area (Å²) < 4.78 is 41.5. The highest BCUT2D eigenvalue weighted by atomic mass is 19.4. The van der Waals surface area contributed by atoms with Crippen molar-refractivity contribution in [3.05, 3.63) is 47.3 Å². The highest BCUT2D eigenvalue weighted by Crippen LogP contribution is 2.26. The molecule has 0 saturated heterocycles. The second-order valence-electron chi connectivity index (χ2n) is 4.44. The maximum absolute atomic E-state index is 12.3. The Morgan fingerprint density at radius 2 is 1.92 bits per heavy atom. The van der Waals surface area contributed by atoms with Gasteiger partial charge in [-0.1, -0.05) is 12.1 Å². The van der Waals surface area contributed by atoms with Crippen molar-refractivity contribution in [3.8, 4) is 0 Å². The summed E-state index contributed by atoms with van der Waals surface area (Å²) in [6.07, 6.45) is -2.17. The Labute approximate surface area is 133 Å². The molecule has 0 saturated carbocycles. The molecule has 2 rings (SSSR count). The van der Waals surface area contributed by atoms with Gasteiger partial charge < -0.3 is 4.74 Å². The number of benzene rings is 1. The van der Waals surface area contributed by atoms with Gasteiger partial charge in [-0.15, -0.1) is 5.10 Å². The number of aromatic amines is 1. The monoisotopic (exact) mass is 340 g/mol. The summed E-state index contributed by atoms with van der Waals surface area (Å²) in [7, 11) is 1.26. The molecule has 0 atom stereocenters. The minimum Gasteiger partial charge on any atom is -0.465 e. The number of ether oxygens (including phenoxy) is 1. The number of esters is 1. The lowest BCUT2D eigenvalue weighted by molar-refractivity contribution is -0.144. The third kappa shape index (κ3) is 4.41. The molecule has 7 nitrogen and oxygen atoms in total. The molecule has 1 heterocycles. The van der Waals surface area contributed by atoms with E-state index in [1.807, 2.05) is 0 Å². The number of halogens is 3. The van der Waals surface area contributed by atoms with Gasteiger partial charge in [0.2, 0.25) is 11.8 Å². The minimum atomic E-state index is -4.67. The third-order valence-electron chi connectivity index (χ3n) is 2.75. The number of carbonyl (C=O) groups is 2. The lowest BCUT2D eigenvalue weighted by Crippen LogP contribution is -2.10. The predicted octanol–water partition coefficient (Wildman–Crippen LogP) is 2.26. The van der Waals surface area contributed by atoms with Gasteiger partial charge in [0.05, 0.1) is 12.7 Å². The van der Waals surface area contributed by atoms with Crippen LogP contribution in [-0.4, -0.2) is 34.2 Å². The number of hydrogen-bond donors (Lipinski definition) is 2. The summed E-state index contributed by atoms with van der Waals surface area (Å²) in [6, 6.07) is 6.16. The van der Waals surface area contributed by atoms with Crippen LogP contribution >= 0.6 is 0 Å². The zero-order valence-electron chi connectivity index (χ0n) is 12.2. The van der Waals surface area contributed by atoms with Crippen LogP contribution in [0, 0.1) is 0 Å². The molecule has 0 aliphatic carbocycles. The van der Waals surface area contributed by atoms with Gasteiger partial charge in [0.15, 0.2) is 0 Å². The van der Waals surface area contributed by atoms with Crippen LogP contribution < -0.4 is 5.32 Å². The number of alkyl halides is 3. The Kier molecular flexibility index (Phi) is 4.97. The van der Waals surface area contributed by atoms with Gasteiger partial charge in [-0.3, -0.25) is 15.2 Å². The van der Waals surface area contributed by atoms with E-state index in [0.717, 1.165) is 6.08 Å². The molecule has 0 radical (unpaired) electrons. The second kappa shape index (κ2) is 6.94. The average molecular weight is 340 g/mol. The van der Waals surface area contributed by atoms with Crippen molar-refractivity contribution < 1.29 is 27.5 Å². The van der Waals surface area contributed by atoms with E-state index in [-0.39, 0.29) is 0 Å². The van der Waals surface area contributed by atoms with Crippen LogP contribution in [0.3, 0.4) is 0 Å². The molecule has 1 aromatic carbocycles. The lowest BCUT2D eigenvalue weighted by Gasteiger charge is -1.99. The highest BCUT2D eigenvalue weighted by molar-refractivity contribution is 6.01. The van der Waals surface area contributed by atoms with E-state index in [0.29, 0.717) is 11.1 Å². The zero-order valence-corrected chi connectivity index (χ0v) is 12.2. The van der Waals surface area contributed by atoms with Gasteiger partial charge in [-0.05, 0) is 23.8 Å². The lowest BCUT2D eigenvalue weighted by atomic mass is 10.1. The summed E-state index contributed by atoms with van der Waals surface area (Å²) in [5.41, 5.74) is 0.947. The van der Waals surface area contributed by atoms with Crippen LogP contribution in [-0.2, 0) is 15.7 Å². The molecular formula is C14H11F3N4O3. The molecule has 1 amide bonds. The topological polar surface area (TPSA) is 97.0 Å². The maximum atomic E-state index is 12.3. The molecule has 10 heteroatoms. The van der Waals surface area contributed by atoms with Crippen LogP contribution in [0.4, 0.5) is 19.1 Å². The number of methoxy groups -OCH3 is 1. The molecule has 0 aliphatic rings. The van der Waals surface area contributed by atoms with Gasteiger partial charge in [0.1, 0.15) is 0 Å². The van der Waals surface area contributed by atoms with Gasteiger partial charge in [-0.2, -0.15) is 18.2 Å². The number of amides is 1. The SMILES string of the molecule is COC(=O)c1ccc(/C=C\C(=O)Nc2n[nH]c(C(F)(F)F)n2)cc1. The van der Waals surface area contributed by atoms with E-state index in [4.69, 9.17) is 0 Å². The summed E-state index contributed by atoms with van der Waals surface area (Å²) in [5.74, 6) is -2.99. The van der Waals surface area contributed by atoms with E-state index in [1.54, 1.807) is 17.2 Å². The van der Waals surface area contributed by atoms with Crippen molar-refractivity contribution in [2.45, 2.75) is 6.18 Å². The van der Waals surface area contributed by atoms with Crippen molar-refractivity contribution in [2.24, 2.45) is 0 Å². The number of carbonyl (C=O) groups excluding carboxylic acids is 2. The smallest absolute Gasteiger partial charge is 0.451 e. The molecule has 1 aromatic heterocycles. The average Bonchev–Trinajstić information content (AvgIpc) is 3.01. The van der Waals surface area contributed by atoms with Gasteiger partial charge in [-0.25, -0.2) is 4.79 Å².